The summed E-state index contributed by atoms with van der Waals surface area (Å²) >= 11 is 3.44. The van der Waals surface area contributed by atoms with Crippen molar-refractivity contribution >= 4 is 21.8 Å². The fraction of sp³-hybridized carbons (Fsp3) is 0.900. The van der Waals surface area contributed by atoms with Crippen molar-refractivity contribution in [3.8, 4) is 0 Å². The molecule has 14 heavy (non-hydrogen) atoms. The van der Waals surface area contributed by atoms with E-state index in [1.807, 2.05) is 6.92 Å². The van der Waals surface area contributed by atoms with Crippen LogP contribution in [0.2, 0.25) is 0 Å². The van der Waals surface area contributed by atoms with Gasteiger partial charge in [0.15, 0.2) is 0 Å². The first-order chi connectivity index (χ1) is 6.61. The quantitative estimate of drug-likeness (QED) is 0.785. The SMILES string of the molecule is CC(Br)CCNC(=O)C1CCOC1C. The fourth-order valence-corrected chi connectivity index (χ4v) is 1.83. The summed E-state index contributed by atoms with van der Waals surface area (Å²) in [6, 6.07) is 0. The van der Waals surface area contributed by atoms with E-state index >= 15 is 0 Å². The minimum Gasteiger partial charge on any atom is -0.378 e. The zero-order valence-electron chi connectivity index (χ0n) is 8.75. The molecule has 0 aromatic rings. The van der Waals surface area contributed by atoms with E-state index < -0.39 is 0 Å². The number of carbonyl (C=O) groups excluding carboxylic acids is 1. The van der Waals surface area contributed by atoms with E-state index in [1.54, 1.807) is 0 Å². The largest absolute Gasteiger partial charge is 0.378 e. The van der Waals surface area contributed by atoms with Gasteiger partial charge in [-0.15, -0.1) is 0 Å². The monoisotopic (exact) mass is 263 g/mol. The van der Waals surface area contributed by atoms with Crippen molar-refractivity contribution < 1.29 is 9.53 Å². The smallest absolute Gasteiger partial charge is 0.225 e. The Kier molecular flexibility index (Phi) is 4.89. The summed E-state index contributed by atoms with van der Waals surface area (Å²) in [7, 11) is 0. The topological polar surface area (TPSA) is 38.3 Å². The molecular weight excluding hydrogens is 246 g/mol. The Morgan fingerprint density at radius 3 is 2.93 bits per heavy atom. The molecule has 0 radical (unpaired) electrons. The highest BCUT2D eigenvalue weighted by atomic mass is 79.9. The maximum Gasteiger partial charge on any atom is 0.225 e. The second-order valence-corrected chi connectivity index (χ2v) is 5.39. The van der Waals surface area contributed by atoms with E-state index in [0.29, 0.717) is 11.4 Å². The minimum atomic E-state index is 0.0561. The predicted molar refractivity (Wildman–Crippen MR) is 59.5 cm³/mol. The Morgan fingerprint density at radius 2 is 2.43 bits per heavy atom. The van der Waals surface area contributed by atoms with Crippen molar-refractivity contribution in [3.05, 3.63) is 0 Å². The molecule has 0 aliphatic carbocycles. The molecule has 0 saturated carbocycles. The van der Waals surface area contributed by atoms with Crippen LogP contribution in [0.4, 0.5) is 0 Å². The van der Waals surface area contributed by atoms with Crippen LogP contribution in [0.15, 0.2) is 0 Å². The van der Waals surface area contributed by atoms with Crippen LogP contribution in [0.25, 0.3) is 0 Å². The highest BCUT2D eigenvalue weighted by Gasteiger charge is 2.30. The van der Waals surface area contributed by atoms with Gasteiger partial charge in [0.2, 0.25) is 5.91 Å². The zero-order valence-corrected chi connectivity index (χ0v) is 10.3. The summed E-state index contributed by atoms with van der Waals surface area (Å²) in [6.07, 6.45) is 1.90. The molecule has 3 unspecified atom stereocenters. The number of hydrogen-bond acceptors (Lipinski definition) is 2. The molecule has 82 valence electrons. The number of rotatable bonds is 4. The van der Waals surface area contributed by atoms with Crippen molar-refractivity contribution in [2.45, 2.75) is 37.6 Å². The highest BCUT2D eigenvalue weighted by molar-refractivity contribution is 9.09. The van der Waals surface area contributed by atoms with Gasteiger partial charge in [-0.05, 0) is 19.8 Å². The maximum absolute atomic E-state index is 11.6. The summed E-state index contributed by atoms with van der Waals surface area (Å²) in [5.74, 6) is 0.198. The molecule has 1 rings (SSSR count). The number of nitrogens with one attached hydrogen (secondary N) is 1. The molecule has 1 amide bonds. The minimum absolute atomic E-state index is 0.0561. The molecule has 3 atom stereocenters. The Balaban J connectivity index is 2.21. The number of halogens is 1. The van der Waals surface area contributed by atoms with Crippen molar-refractivity contribution in [1.82, 2.24) is 5.32 Å². The van der Waals surface area contributed by atoms with Gasteiger partial charge in [0, 0.05) is 18.0 Å². The van der Waals surface area contributed by atoms with E-state index in [1.165, 1.54) is 0 Å². The van der Waals surface area contributed by atoms with Crippen LogP contribution in [0.3, 0.4) is 0 Å². The second kappa shape index (κ2) is 5.71. The number of amides is 1. The molecule has 0 spiro atoms. The lowest BCUT2D eigenvalue weighted by atomic mass is 10.0. The lowest BCUT2D eigenvalue weighted by Crippen LogP contribution is -2.35. The summed E-state index contributed by atoms with van der Waals surface area (Å²) in [5.41, 5.74) is 0. The highest BCUT2D eigenvalue weighted by Crippen LogP contribution is 2.20. The van der Waals surface area contributed by atoms with Gasteiger partial charge >= 0.3 is 0 Å². The van der Waals surface area contributed by atoms with E-state index in [9.17, 15) is 4.79 Å². The Bertz CT molecular complexity index is 197. The van der Waals surface area contributed by atoms with Crippen molar-refractivity contribution in [3.63, 3.8) is 0 Å². The molecule has 0 aromatic heterocycles. The lowest BCUT2D eigenvalue weighted by Gasteiger charge is -2.14. The molecule has 4 heteroatoms. The molecule has 1 heterocycles. The van der Waals surface area contributed by atoms with Gasteiger partial charge < -0.3 is 10.1 Å². The van der Waals surface area contributed by atoms with E-state index in [0.717, 1.165) is 19.4 Å². The third-order valence-electron chi connectivity index (χ3n) is 2.55. The molecule has 0 aromatic carbocycles. The fourth-order valence-electron chi connectivity index (χ4n) is 1.60. The van der Waals surface area contributed by atoms with E-state index in [-0.39, 0.29) is 17.9 Å². The van der Waals surface area contributed by atoms with Crippen LogP contribution >= 0.6 is 15.9 Å². The van der Waals surface area contributed by atoms with Gasteiger partial charge in [0.1, 0.15) is 0 Å². The Hall–Kier alpha value is -0.0900. The average Bonchev–Trinajstić information content (AvgIpc) is 2.50. The summed E-state index contributed by atoms with van der Waals surface area (Å²) in [5, 5.41) is 2.94. The van der Waals surface area contributed by atoms with Crippen molar-refractivity contribution in [2.75, 3.05) is 13.2 Å². The van der Waals surface area contributed by atoms with Gasteiger partial charge in [-0.3, -0.25) is 4.79 Å². The second-order valence-electron chi connectivity index (χ2n) is 3.83. The van der Waals surface area contributed by atoms with Crippen LogP contribution in [0.1, 0.15) is 26.7 Å². The van der Waals surface area contributed by atoms with Crippen LogP contribution in [0, 0.1) is 5.92 Å². The maximum atomic E-state index is 11.6. The van der Waals surface area contributed by atoms with Crippen LogP contribution in [0.5, 0.6) is 0 Å². The normalized spacial score (nSPS) is 28.8. The first kappa shape index (κ1) is 12.0. The molecule has 1 N–H and O–H groups in total. The number of alkyl halides is 1. The standard InChI is InChI=1S/C10H18BrNO2/c1-7(11)3-5-12-10(13)9-4-6-14-8(9)2/h7-9H,3-6H2,1-2H3,(H,12,13). The van der Waals surface area contributed by atoms with Crippen LogP contribution in [-0.4, -0.2) is 30.0 Å². The Labute approximate surface area is 93.7 Å². The van der Waals surface area contributed by atoms with Crippen molar-refractivity contribution in [1.29, 1.82) is 0 Å². The number of carbonyl (C=O) groups is 1. The summed E-state index contributed by atoms with van der Waals surface area (Å²) in [6.45, 7) is 5.50. The van der Waals surface area contributed by atoms with Gasteiger partial charge in [-0.1, -0.05) is 22.9 Å². The molecule has 1 aliphatic heterocycles. The van der Waals surface area contributed by atoms with Gasteiger partial charge in [-0.2, -0.15) is 0 Å². The van der Waals surface area contributed by atoms with Gasteiger partial charge in [0.05, 0.1) is 12.0 Å². The third kappa shape index (κ3) is 3.58. The molecule has 0 bridgehead atoms. The first-order valence-corrected chi connectivity index (χ1v) is 6.06. The molecule has 1 aliphatic rings. The van der Waals surface area contributed by atoms with E-state index in [2.05, 4.69) is 28.2 Å². The third-order valence-corrected chi connectivity index (χ3v) is 3.01. The van der Waals surface area contributed by atoms with Crippen molar-refractivity contribution in [2.24, 2.45) is 5.92 Å². The summed E-state index contributed by atoms with van der Waals surface area (Å²) in [4.78, 5) is 12.1. The number of ether oxygens (including phenoxy) is 1. The average molecular weight is 264 g/mol. The summed E-state index contributed by atoms with van der Waals surface area (Å²) < 4.78 is 5.34. The first-order valence-electron chi connectivity index (χ1n) is 5.14. The molecule has 3 nitrogen and oxygen atoms in total. The van der Waals surface area contributed by atoms with Gasteiger partial charge in [-0.25, -0.2) is 0 Å². The van der Waals surface area contributed by atoms with Gasteiger partial charge in [0.25, 0.3) is 0 Å². The predicted octanol–water partition coefficient (Wildman–Crippen LogP) is 1.70. The zero-order chi connectivity index (χ0) is 10.6. The molecule has 1 saturated heterocycles. The van der Waals surface area contributed by atoms with E-state index in [4.69, 9.17) is 4.74 Å². The Morgan fingerprint density at radius 1 is 1.71 bits per heavy atom. The molecular formula is C10H18BrNO2. The lowest BCUT2D eigenvalue weighted by molar-refractivity contribution is -0.126. The van der Waals surface area contributed by atoms with Crippen LogP contribution in [-0.2, 0) is 9.53 Å². The van der Waals surface area contributed by atoms with Crippen LogP contribution < -0.4 is 5.32 Å². The number of hydrogen-bond donors (Lipinski definition) is 1. The molecule has 1 fully saturated rings.